The summed E-state index contributed by atoms with van der Waals surface area (Å²) in [4.78, 5) is 12.0. The van der Waals surface area contributed by atoms with E-state index < -0.39 is 17.6 Å². The van der Waals surface area contributed by atoms with Crippen molar-refractivity contribution in [1.29, 1.82) is 0 Å². The lowest BCUT2D eigenvalue weighted by atomic mass is 10.1. The van der Waals surface area contributed by atoms with Gasteiger partial charge in [-0.15, -0.1) is 10.2 Å². The lowest BCUT2D eigenvalue weighted by Crippen LogP contribution is -2.29. The highest BCUT2D eigenvalue weighted by molar-refractivity contribution is 5.94. The zero-order chi connectivity index (χ0) is 19.3. The van der Waals surface area contributed by atoms with Crippen molar-refractivity contribution in [3.05, 3.63) is 66.0 Å². The zero-order valence-electron chi connectivity index (χ0n) is 13.9. The maximum atomic E-state index is 12.7. The first-order valence-corrected chi connectivity index (χ1v) is 7.96. The SMILES string of the molecule is O=C(NCCNc1ccc(-n2cccn2)nn1)c1cccc(C(F)(F)F)c1. The summed E-state index contributed by atoms with van der Waals surface area (Å²) in [5.41, 5.74) is -0.908. The van der Waals surface area contributed by atoms with Crippen LogP contribution in [-0.2, 0) is 6.18 Å². The average molecular weight is 376 g/mol. The van der Waals surface area contributed by atoms with Crippen LogP contribution in [0.5, 0.6) is 0 Å². The molecule has 27 heavy (non-hydrogen) atoms. The van der Waals surface area contributed by atoms with Crippen LogP contribution in [0.4, 0.5) is 19.0 Å². The Morgan fingerprint density at radius 2 is 1.93 bits per heavy atom. The third kappa shape index (κ3) is 4.81. The highest BCUT2D eigenvalue weighted by atomic mass is 19.4. The number of nitrogens with one attached hydrogen (secondary N) is 2. The topological polar surface area (TPSA) is 84.7 Å². The summed E-state index contributed by atoms with van der Waals surface area (Å²) in [5, 5.41) is 17.5. The molecule has 0 fully saturated rings. The molecule has 0 atom stereocenters. The van der Waals surface area contributed by atoms with Crippen LogP contribution >= 0.6 is 0 Å². The summed E-state index contributed by atoms with van der Waals surface area (Å²) >= 11 is 0. The van der Waals surface area contributed by atoms with Crippen molar-refractivity contribution in [3.8, 4) is 5.82 Å². The summed E-state index contributed by atoms with van der Waals surface area (Å²) in [6.07, 6.45) is -1.12. The van der Waals surface area contributed by atoms with Gasteiger partial charge >= 0.3 is 6.18 Å². The van der Waals surface area contributed by atoms with Gasteiger partial charge in [-0.3, -0.25) is 4.79 Å². The van der Waals surface area contributed by atoms with E-state index >= 15 is 0 Å². The fourth-order valence-corrected chi connectivity index (χ4v) is 2.25. The minimum atomic E-state index is -4.49. The highest BCUT2D eigenvalue weighted by Gasteiger charge is 2.30. The molecule has 0 aliphatic carbocycles. The standard InChI is InChI=1S/C17H15F3N6O/c18-17(19,20)13-4-1-3-12(11-13)16(27)22-9-8-21-14-5-6-15(25-24-14)26-10-2-7-23-26/h1-7,10-11H,8-9H2,(H,21,24)(H,22,27). The Labute approximate surface area is 152 Å². The Balaban J connectivity index is 1.48. The van der Waals surface area contributed by atoms with Crippen molar-refractivity contribution in [2.24, 2.45) is 0 Å². The molecule has 2 heterocycles. The van der Waals surface area contributed by atoms with Gasteiger partial charge in [0.25, 0.3) is 5.91 Å². The number of nitrogens with zero attached hydrogens (tertiary/aromatic N) is 4. The molecule has 1 aromatic carbocycles. The molecule has 140 valence electrons. The van der Waals surface area contributed by atoms with E-state index in [9.17, 15) is 18.0 Å². The Morgan fingerprint density at radius 3 is 2.59 bits per heavy atom. The number of carbonyl (C=O) groups is 1. The smallest absolute Gasteiger partial charge is 0.367 e. The quantitative estimate of drug-likeness (QED) is 0.646. The van der Waals surface area contributed by atoms with E-state index in [4.69, 9.17) is 0 Å². The third-order valence-electron chi connectivity index (χ3n) is 3.56. The number of carbonyl (C=O) groups excluding carboxylic acids is 1. The van der Waals surface area contributed by atoms with Gasteiger partial charge in [-0.1, -0.05) is 6.07 Å². The van der Waals surface area contributed by atoms with Crippen molar-refractivity contribution in [2.75, 3.05) is 18.4 Å². The molecule has 2 aromatic heterocycles. The van der Waals surface area contributed by atoms with Gasteiger partial charge in [-0.25, -0.2) is 4.68 Å². The Morgan fingerprint density at radius 1 is 1.07 bits per heavy atom. The van der Waals surface area contributed by atoms with Gasteiger partial charge in [0, 0.05) is 31.0 Å². The van der Waals surface area contributed by atoms with Crippen LogP contribution in [0.15, 0.2) is 54.9 Å². The molecule has 7 nitrogen and oxygen atoms in total. The first kappa shape index (κ1) is 18.4. The molecular weight excluding hydrogens is 361 g/mol. The number of hydrogen-bond acceptors (Lipinski definition) is 5. The van der Waals surface area contributed by atoms with E-state index in [0.717, 1.165) is 12.1 Å². The monoisotopic (exact) mass is 376 g/mol. The molecular formula is C17H15F3N6O. The van der Waals surface area contributed by atoms with Crippen LogP contribution in [0.25, 0.3) is 5.82 Å². The fraction of sp³-hybridized carbons (Fsp3) is 0.176. The Hall–Kier alpha value is -3.43. The molecule has 3 rings (SSSR count). The van der Waals surface area contributed by atoms with Gasteiger partial charge in [0.1, 0.15) is 5.82 Å². The van der Waals surface area contributed by atoms with Gasteiger partial charge < -0.3 is 10.6 Å². The first-order valence-electron chi connectivity index (χ1n) is 7.96. The second kappa shape index (κ2) is 7.85. The number of rotatable bonds is 6. The second-order valence-corrected chi connectivity index (χ2v) is 5.49. The van der Waals surface area contributed by atoms with Crippen molar-refractivity contribution < 1.29 is 18.0 Å². The number of benzene rings is 1. The van der Waals surface area contributed by atoms with E-state index in [1.807, 2.05) is 0 Å². The van der Waals surface area contributed by atoms with E-state index in [1.54, 1.807) is 35.3 Å². The molecule has 10 heteroatoms. The molecule has 0 bridgehead atoms. The molecule has 0 spiro atoms. The molecule has 2 N–H and O–H groups in total. The number of anilines is 1. The minimum Gasteiger partial charge on any atom is -0.367 e. The van der Waals surface area contributed by atoms with Gasteiger partial charge in [0.15, 0.2) is 5.82 Å². The van der Waals surface area contributed by atoms with Crippen molar-refractivity contribution in [1.82, 2.24) is 25.3 Å². The highest BCUT2D eigenvalue weighted by Crippen LogP contribution is 2.29. The van der Waals surface area contributed by atoms with Gasteiger partial charge in [-0.05, 0) is 36.4 Å². The summed E-state index contributed by atoms with van der Waals surface area (Å²) in [5.74, 6) is 0.477. The lowest BCUT2D eigenvalue weighted by Gasteiger charge is -2.10. The van der Waals surface area contributed by atoms with E-state index in [0.29, 0.717) is 18.2 Å². The third-order valence-corrected chi connectivity index (χ3v) is 3.56. The predicted molar refractivity (Wildman–Crippen MR) is 91.4 cm³/mol. The maximum Gasteiger partial charge on any atom is 0.416 e. The summed E-state index contributed by atoms with van der Waals surface area (Å²) < 4.78 is 39.6. The summed E-state index contributed by atoms with van der Waals surface area (Å²) in [7, 11) is 0. The van der Waals surface area contributed by atoms with Crippen LogP contribution in [0.2, 0.25) is 0 Å². The molecule has 1 amide bonds. The molecule has 0 radical (unpaired) electrons. The average Bonchev–Trinajstić information content (AvgIpc) is 3.20. The summed E-state index contributed by atoms with van der Waals surface area (Å²) in [6.45, 7) is 0.540. The molecule has 0 saturated heterocycles. The zero-order valence-corrected chi connectivity index (χ0v) is 13.9. The van der Waals surface area contributed by atoms with Crippen LogP contribution < -0.4 is 10.6 Å². The number of halogens is 3. The second-order valence-electron chi connectivity index (χ2n) is 5.49. The van der Waals surface area contributed by atoms with Crippen molar-refractivity contribution in [3.63, 3.8) is 0 Å². The molecule has 0 saturated carbocycles. The predicted octanol–water partition coefficient (Wildman–Crippen LogP) is 2.52. The number of hydrogen-bond donors (Lipinski definition) is 2. The fourth-order valence-electron chi connectivity index (χ4n) is 2.25. The lowest BCUT2D eigenvalue weighted by molar-refractivity contribution is -0.137. The van der Waals surface area contributed by atoms with Crippen LogP contribution in [-0.4, -0.2) is 39.0 Å². The molecule has 0 aliphatic rings. The number of amides is 1. The molecule has 0 aliphatic heterocycles. The van der Waals surface area contributed by atoms with Gasteiger partial charge in [0.2, 0.25) is 0 Å². The Kier molecular flexibility index (Phi) is 5.34. The summed E-state index contributed by atoms with van der Waals surface area (Å²) in [6, 6.07) is 9.47. The van der Waals surface area contributed by atoms with E-state index in [-0.39, 0.29) is 12.1 Å². The van der Waals surface area contributed by atoms with Crippen LogP contribution in [0.3, 0.4) is 0 Å². The largest absolute Gasteiger partial charge is 0.416 e. The van der Waals surface area contributed by atoms with Crippen LogP contribution in [0, 0.1) is 0 Å². The van der Waals surface area contributed by atoms with Crippen molar-refractivity contribution in [2.45, 2.75) is 6.18 Å². The number of alkyl halides is 3. The van der Waals surface area contributed by atoms with E-state index in [2.05, 4.69) is 25.9 Å². The van der Waals surface area contributed by atoms with Gasteiger partial charge in [0.05, 0.1) is 5.56 Å². The minimum absolute atomic E-state index is 0.0480. The van der Waals surface area contributed by atoms with E-state index in [1.165, 1.54) is 12.1 Å². The molecule has 0 unspecified atom stereocenters. The van der Waals surface area contributed by atoms with Gasteiger partial charge in [-0.2, -0.15) is 18.3 Å². The first-order chi connectivity index (χ1) is 12.9. The number of aromatic nitrogens is 4. The Bertz CT molecular complexity index is 894. The maximum absolute atomic E-state index is 12.7. The van der Waals surface area contributed by atoms with Crippen molar-refractivity contribution >= 4 is 11.7 Å². The normalized spacial score (nSPS) is 11.2. The molecule has 3 aromatic rings. The van der Waals surface area contributed by atoms with Crippen LogP contribution in [0.1, 0.15) is 15.9 Å².